The van der Waals surface area contributed by atoms with Crippen LogP contribution in [0.25, 0.3) is 11.5 Å². The number of hydrogen-bond acceptors (Lipinski definition) is 3. The zero-order valence-electron chi connectivity index (χ0n) is 22.3. The van der Waals surface area contributed by atoms with Crippen LogP contribution in [0.4, 0.5) is 10.5 Å². The molecule has 6 rings (SSSR count). The number of para-hydroxylation sites is 3. The molecule has 39 heavy (non-hydrogen) atoms. The maximum absolute atomic E-state index is 14.2. The van der Waals surface area contributed by atoms with Crippen molar-refractivity contribution in [3.63, 3.8) is 0 Å². The van der Waals surface area contributed by atoms with Crippen molar-refractivity contribution in [2.24, 2.45) is 0 Å². The summed E-state index contributed by atoms with van der Waals surface area (Å²) in [7, 11) is 1.61. The van der Waals surface area contributed by atoms with E-state index in [9.17, 15) is 4.79 Å². The molecule has 0 fully saturated rings. The molecule has 1 atom stereocenters. The Morgan fingerprint density at radius 2 is 1.72 bits per heavy atom. The number of nitrogens with zero attached hydrogens (tertiary/aromatic N) is 4. The number of rotatable bonds is 5. The van der Waals surface area contributed by atoms with Gasteiger partial charge in [-0.25, -0.2) is 9.48 Å². The summed E-state index contributed by atoms with van der Waals surface area (Å²) in [5, 5.41) is 8.16. The third-order valence-corrected chi connectivity index (χ3v) is 7.31. The molecule has 0 saturated heterocycles. The van der Waals surface area contributed by atoms with Gasteiger partial charge in [0.05, 0.1) is 42.5 Å². The van der Waals surface area contributed by atoms with Gasteiger partial charge in [-0.1, -0.05) is 67.1 Å². The SMILES string of the molecule is CCc1nn(-c2ccccc2)c2c1CN(C(=O)Nc1ccccc1OC)C(c1ccc(C)cc1)c1cccn1-2. The molecule has 0 aliphatic carbocycles. The largest absolute Gasteiger partial charge is 0.495 e. The van der Waals surface area contributed by atoms with Gasteiger partial charge in [0.15, 0.2) is 0 Å². The van der Waals surface area contributed by atoms with Crippen molar-refractivity contribution in [3.8, 4) is 17.3 Å². The average Bonchev–Trinajstić information content (AvgIpc) is 3.55. The van der Waals surface area contributed by atoms with Crippen LogP contribution in [-0.4, -0.2) is 32.4 Å². The molecule has 3 aromatic carbocycles. The number of benzene rings is 3. The van der Waals surface area contributed by atoms with E-state index in [1.54, 1.807) is 7.11 Å². The summed E-state index contributed by atoms with van der Waals surface area (Å²) in [6.45, 7) is 4.58. The van der Waals surface area contributed by atoms with Gasteiger partial charge >= 0.3 is 6.03 Å². The standard InChI is InChI=1S/C32H31N5O2/c1-4-26-25-21-36(32(38)33-27-13-8-9-15-29(27)39-3)30(23-18-16-22(2)17-19-23)28-14-10-20-35(28)31(25)37(34-26)24-11-6-5-7-12-24/h5-20,30H,4,21H2,1-3H3,(H,33,38). The fraction of sp³-hybridized carbons (Fsp3) is 0.188. The molecule has 7 heteroatoms. The normalized spacial score (nSPS) is 14.3. The van der Waals surface area contributed by atoms with Crippen molar-refractivity contribution in [2.45, 2.75) is 32.9 Å². The Bertz CT molecular complexity index is 1620. The maximum atomic E-state index is 14.2. The topological polar surface area (TPSA) is 64.3 Å². The molecule has 0 bridgehead atoms. The van der Waals surface area contributed by atoms with E-state index in [2.05, 4.69) is 72.4 Å². The van der Waals surface area contributed by atoms with Crippen molar-refractivity contribution in [2.75, 3.05) is 12.4 Å². The second-order valence-corrected chi connectivity index (χ2v) is 9.72. The lowest BCUT2D eigenvalue weighted by atomic mass is 10.0. The number of aryl methyl sites for hydroxylation is 2. The third kappa shape index (κ3) is 4.36. The molecule has 3 heterocycles. The Labute approximate surface area is 228 Å². The Kier molecular flexibility index (Phi) is 6.40. The Balaban J connectivity index is 1.55. The van der Waals surface area contributed by atoms with E-state index in [0.717, 1.165) is 40.4 Å². The molecule has 0 spiro atoms. The number of amides is 2. The first kappa shape index (κ1) is 24.6. The van der Waals surface area contributed by atoms with Gasteiger partial charge in [-0.05, 0) is 55.3 Å². The molecule has 1 aliphatic heterocycles. The van der Waals surface area contributed by atoms with Crippen LogP contribution < -0.4 is 10.1 Å². The molecule has 7 nitrogen and oxygen atoms in total. The minimum atomic E-state index is -0.323. The Morgan fingerprint density at radius 3 is 2.46 bits per heavy atom. The van der Waals surface area contributed by atoms with Crippen LogP contribution in [0.5, 0.6) is 5.75 Å². The number of carbonyl (C=O) groups is 1. The van der Waals surface area contributed by atoms with E-state index in [0.29, 0.717) is 18.0 Å². The quantitative estimate of drug-likeness (QED) is 0.283. The fourth-order valence-electron chi connectivity index (χ4n) is 5.38. The molecule has 5 aromatic rings. The zero-order valence-corrected chi connectivity index (χ0v) is 22.3. The number of methoxy groups -OCH3 is 1. The van der Waals surface area contributed by atoms with Gasteiger partial charge in [0, 0.05) is 11.8 Å². The van der Waals surface area contributed by atoms with Crippen molar-refractivity contribution in [1.29, 1.82) is 0 Å². The number of hydrogen-bond donors (Lipinski definition) is 1. The molecular weight excluding hydrogens is 486 g/mol. The highest BCUT2D eigenvalue weighted by atomic mass is 16.5. The molecule has 2 aromatic heterocycles. The van der Waals surface area contributed by atoms with E-state index in [-0.39, 0.29) is 12.1 Å². The summed E-state index contributed by atoms with van der Waals surface area (Å²) in [6, 6.07) is 29.7. The number of ether oxygens (including phenoxy) is 1. The monoisotopic (exact) mass is 517 g/mol. The van der Waals surface area contributed by atoms with Crippen molar-refractivity contribution < 1.29 is 9.53 Å². The molecule has 196 valence electrons. The van der Waals surface area contributed by atoms with Crippen LogP contribution in [0.2, 0.25) is 0 Å². The highest BCUT2D eigenvalue weighted by Crippen LogP contribution is 2.39. The average molecular weight is 518 g/mol. The molecule has 0 saturated carbocycles. The molecule has 1 unspecified atom stereocenters. The fourth-order valence-corrected chi connectivity index (χ4v) is 5.38. The second-order valence-electron chi connectivity index (χ2n) is 9.72. The number of carbonyl (C=O) groups excluding carboxylic acids is 1. The summed E-state index contributed by atoms with van der Waals surface area (Å²) < 4.78 is 9.72. The first-order valence-corrected chi connectivity index (χ1v) is 13.2. The van der Waals surface area contributed by atoms with Crippen molar-refractivity contribution in [1.82, 2.24) is 19.2 Å². The van der Waals surface area contributed by atoms with Gasteiger partial charge in [0.25, 0.3) is 0 Å². The molecule has 1 N–H and O–H groups in total. The number of anilines is 1. The van der Waals surface area contributed by atoms with Crippen LogP contribution in [-0.2, 0) is 13.0 Å². The van der Waals surface area contributed by atoms with Crippen molar-refractivity contribution >= 4 is 11.7 Å². The Morgan fingerprint density at radius 1 is 0.974 bits per heavy atom. The van der Waals surface area contributed by atoms with E-state index in [1.807, 2.05) is 58.1 Å². The zero-order chi connectivity index (χ0) is 26.9. The number of nitrogens with one attached hydrogen (secondary N) is 1. The van der Waals surface area contributed by atoms with Gasteiger partial charge in [-0.3, -0.25) is 0 Å². The number of urea groups is 1. The van der Waals surface area contributed by atoms with Gasteiger partial charge in [0.2, 0.25) is 0 Å². The van der Waals surface area contributed by atoms with Gasteiger partial charge in [-0.2, -0.15) is 5.10 Å². The molecule has 2 amide bonds. The predicted molar refractivity (Wildman–Crippen MR) is 153 cm³/mol. The lowest BCUT2D eigenvalue weighted by Gasteiger charge is -2.31. The second kappa shape index (κ2) is 10.2. The number of fused-ring (bicyclic) bond motifs is 3. The first-order chi connectivity index (χ1) is 19.1. The van der Waals surface area contributed by atoms with E-state index in [4.69, 9.17) is 9.84 Å². The Hall–Kier alpha value is -4.78. The van der Waals surface area contributed by atoms with Gasteiger partial charge < -0.3 is 19.5 Å². The van der Waals surface area contributed by atoms with Crippen LogP contribution in [0.1, 0.15) is 41.0 Å². The van der Waals surface area contributed by atoms with Gasteiger partial charge in [-0.15, -0.1) is 0 Å². The molecule has 0 radical (unpaired) electrons. The van der Waals surface area contributed by atoms with Crippen LogP contribution >= 0.6 is 0 Å². The highest BCUT2D eigenvalue weighted by Gasteiger charge is 2.36. The third-order valence-electron chi connectivity index (χ3n) is 7.31. The van der Waals surface area contributed by atoms with Crippen LogP contribution in [0, 0.1) is 6.92 Å². The van der Waals surface area contributed by atoms with Crippen molar-refractivity contribution in [3.05, 3.63) is 125 Å². The lowest BCUT2D eigenvalue weighted by Crippen LogP contribution is -2.38. The maximum Gasteiger partial charge on any atom is 0.323 e. The smallest absolute Gasteiger partial charge is 0.323 e. The molecule has 1 aliphatic rings. The minimum absolute atomic E-state index is 0.208. The summed E-state index contributed by atoms with van der Waals surface area (Å²) in [5.74, 6) is 1.57. The van der Waals surface area contributed by atoms with E-state index in [1.165, 1.54) is 5.56 Å². The summed E-state index contributed by atoms with van der Waals surface area (Å²) in [5.41, 5.74) is 6.81. The minimum Gasteiger partial charge on any atom is -0.495 e. The lowest BCUT2D eigenvalue weighted by molar-refractivity contribution is 0.194. The van der Waals surface area contributed by atoms with Crippen LogP contribution in [0.15, 0.2) is 97.2 Å². The summed E-state index contributed by atoms with van der Waals surface area (Å²) in [6.07, 6.45) is 2.81. The molecular formula is C32H31N5O2. The van der Waals surface area contributed by atoms with E-state index < -0.39 is 0 Å². The number of aromatic nitrogens is 3. The van der Waals surface area contributed by atoms with Gasteiger partial charge in [0.1, 0.15) is 11.6 Å². The highest BCUT2D eigenvalue weighted by molar-refractivity contribution is 5.91. The first-order valence-electron chi connectivity index (χ1n) is 13.2. The summed E-state index contributed by atoms with van der Waals surface area (Å²) >= 11 is 0. The van der Waals surface area contributed by atoms with E-state index >= 15 is 0 Å². The predicted octanol–water partition coefficient (Wildman–Crippen LogP) is 6.68. The summed E-state index contributed by atoms with van der Waals surface area (Å²) in [4.78, 5) is 16.1. The van der Waals surface area contributed by atoms with Crippen LogP contribution in [0.3, 0.4) is 0 Å².